The molecule has 6 nitrogen and oxygen atoms in total. The van der Waals surface area contributed by atoms with E-state index in [-0.39, 0.29) is 12.5 Å². The number of thiophene rings is 1. The highest BCUT2D eigenvalue weighted by Gasteiger charge is 2.09. The van der Waals surface area contributed by atoms with Gasteiger partial charge >= 0.3 is 5.97 Å². The molecule has 0 unspecified atom stereocenters. The molecule has 28 heavy (non-hydrogen) atoms. The van der Waals surface area contributed by atoms with Crippen molar-refractivity contribution < 1.29 is 19.1 Å². The smallest absolute Gasteiger partial charge is 0.353 e. The molecule has 0 aliphatic rings. The summed E-state index contributed by atoms with van der Waals surface area (Å²) in [4.78, 5) is 24.3. The molecule has 3 rings (SSSR count). The van der Waals surface area contributed by atoms with Crippen LogP contribution in [0.4, 0.5) is 0 Å². The van der Waals surface area contributed by atoms with E-state index in [1.54, 1.807) is 42.5 Å². The van der Waals surface area contributed by atoms with E-state index in [9.17, 15) is 9.59 Å². The Hall–Kier alpha value is -3.45. The van der Waals surface area contributed by atoms with Gasteiger partial charge in [0.1, 0.15) is 16.4 Å². The fraction of sp³-hybridized carbons (Fsp3) is 0.0952. The van der Waals surface area contributed by atoms with Crippen molar-refractivity contribution in [3.63, 3.8) is 0 Å². The Morgan fingerprint density at radius 3 is 2.68 bits per heavy atom. The van der Waals surface area contributed by atoms with Gasteiger partial charge in [-0.25, -0.2) is 10.2 Å². The fourth-order valence-electron chi connectivity index (χ4n) is 2.28. The molecule has 0 saturated heterocycles. The maximum Gasteiger partial charge on any atom is 0.353 e. The number of benzene rings is 2. The lowest BCUT2D eigenvalue weighted by Gasteiger charge is -2.05. The Labute approximate surface area is 166 Å². The maximum absolute atomic E-state index is 12.0. The zero-order valence-electron chi connectivity index (χ0n) is 15.1. The third-order valence-corrected chi connectivity index (χ3v) is 4.40. The molecule has 0 atom stereocenters. The van der Waals surface area contributed by atoms with Crippen LogP contribution in [0, 0.1) is 6.92 Å². The largest absolute Gasteiger partial charge is 0.484 e. The molecule has 0 radical (unpaired) electrons. The van der Waals surface area contributed by atoms with Crippen molar-refractivity contribution in [2.24, 2.45) is 5.10 Å². The molecule has 142 valence electrons. The van der Waals surface area contributed by atoms with Gasteiger partial charge < -0.3 is 9.47 Å². The number of esters is 1. The number of carbonyl (C=O) groups is 2. The number of nitrogens with zero attached hydrogens (tertiary/aromatic N) is 1. The zero-order valence-corrected chi connectivity index (χ0v) is 15.9. The molecule has 0 aliphatic heterocycles. The first-order valence-electron chi connectivity index (χ1n) is 8.47. The standard InChI is InChI=1S/C21H18N2O4S/c1-15-5-2-7-17(11-15)26-14-20(24)23-22-13-16-6-3-8-18(12-16)27-21(25)19-9-4-10-28-19/h2-13H,14H2,1H3,(H,23,24)/b22-13+. The monoisotopic (exact) mass is 394 g/mol. The molecule has 0 bridgehead atoms. The van der Waals surface area contributed by atoms with Crippen LogP contribution < -0.4 is 14.9 Å². The highest BCUT2D eigenvalue weighted by Crippen LogP contribution is 2.16. The minimum Gasteiger partial charge on any atom is -0.484 e. The van der Waals surface area contributed by atoms with Gasteiger partial charge in [-0.1, -0.05) is 30.3 Å². The first-order valence-corrected chi connectivity index (χ1v) is 9.35. The maximum atomic E-state index is 12.0. The first kappa shape index (κ1) is 19.3. The molecule has 1 aromatic heterocycles. The van der Waals surface area contributed by atoms with E-state index < -0.39 is 5.97 Å². The van der Waals surface area contributed by atoms with Gasteiger partial charge in [0.2, 0.25) is 0 Å². The topological polar surface area (TPSA) is 77.0 Å². The Morgan fingerprint density at radius 1 is 1.07 bits per heavy atom. The van der Waals surface area contributed by atoms with E-state index in [0.29, 0.717) is 21.9 Å². The number of hydrogen-bond donors (Lipinski definition) is 1. The minimum absolute atomic E-state index is 0.140. The predicted octanol–water partition coefficient (Wildman–Crippen LogP) is 3.80. The van der Waals surface area contributed by atoms with Crippen molar-refractivity contribution >= 4 is 29.4 Å². The van der Waals surface area contributed by atoms with Crippen LogP contribution in [0.3, 0.4) is 0 Å². The Kier molecular flexibility index (Phi) is 6.54. The second kappa shape index (κ2) is 9.48. The molecule has 3 aromatic rings. The van der Waals surface area contributed by atoms with Gasteiger partial charge in [0.25, 0.3) is 5.91 Å². The quantitative estimate of drug-likeness (QED) is 0.286. The number of hydrogen-bond acceptors (Lipinski definition) is 6. The van der Waals surface area contributed by atoms with Crippen LogP contribution in [-0.4, -0.2) is 24.7 Å². The van der Waals surface area contributed by atoms with Crippen molar-refractivity contribution in [2.45, 2.75) is 6.92 Å². The summed E-state index contributed by atoms with van der Waals surface area (Å²) in [5, 5.41) is 5.71. The van der Waals surface area contributed by atoms with Crippen LogP contribution >= 0.6 is 11.3 Å². The molecule has 0 fully saturated rings. The van der Waals surface area contributed by atoms with Crippen LogP contribution in [0.5, 0.6) is 11.5 Å². The molecular weight excluding hydrogens is 376 g/mol. The zero-order chi connectivity index (χ0) is 19.8. The van der Waals surface area contributed by atoms with E-state index >= 15 is 0 Å². The molecule has 1 amide bonds. The van der Waals surface area contributed by atoms with Crippen LogP contribution in [0.25, 0.3) is 0 Å². The van der Waals surface area contributed by atoms with Crippen LogP contribution in [0.1, 0.15) is 20.8 Å². The fourth-order valence-corrected chi connectivity index (χ4v) is 2.87. The molecule has 7 heteroatoms. The number of amides is 1. The van der Waals surface area contributed by atoms with E-state index in [1.165, 1.54) is 17.6 Å². The average Bonchev–Trinajstić information content (AvgIpc) is 3.22. The molecule has 1 N–H and O–H groups in total. The lowest BCUT2D eigenvalue weighted by Crippen LogP contribution is -2.24. The summed E-state index contributed by atoms with van der Waals surface area (Å²) in [5.41, 5.74) is 4.13. The lowest BCUT2D eigenvalue weighted by molar-refractivity contribution is -0.123. The molecule has 0 saturated carbocycles. The number of nitrogens with one attached hydrogen (secondary N) is 1. The van der Waals surface area contributed by atoms with Gasteiger partial charge in [-0.15, -0.1) is 11.3 Å². The van der Waals surface area contributed by atoms with Crippen molar-refractivity contribution in [3.8, 4) is 11.5 Å². The van der Waals surface area contributed by atoms with Crippen LogP contribution in [-0.2, 0) is 4.79 Å². The van der Waals surface area contributed by atoms with Gasteiger partial charge in [0.15, 0.2) is 6.61 Å². The molecular formula is C21H18N2O4S. The number of ether oxygens (including phenoxy) is 2. The number of aryl methyl sites for hydroxylation is 1. The summed E-state index contributed by atoms with van der Waals surface area (Å²) < 4.78 is 10.7. The Bertz CT molecular complexity index is 984. The summed E-state index contributed by atoms with van der Waals surface area (Å²) in [5.74, 6) is 0.236. The van der Waals surface area contributed by atoms with Gasteiger partial charge in [-0.2, -0.15) is 5.10 Å². The highest BCUT2D eigenvalue weighted by molar-refractivity contribution is 7.12. The van der Waals surface area contributed by atoms with Crippen molar-refractivity contribution in [3.05, 3.63) is 82.0 Å². The van der Waals surface area contributed by atoms with E-state index in [2.05, 4.69) is 10.5 Å². The minimum atomic E-state index is -0.411. The van der Waals surface area contributed by atoms with Gasteiger partial charge in [0, 0.05) is 0 Å². The molecule has 0 aliphatic carbocycles. The van der Waals surface area contributed by atoms with Crippen LogP contribution in [0.15, 0.2) is 71.1 Å². The van der Waals surface area contributed by atoms with E-state index in [1.807, 2.05) is 30.5 Å². The highest BCUT2D eigenvalue weighted by atomic mass is 32.1. The van der Waals surface area contributed by atoms with Crippen LogP contribution in [0.2, 0.25) is 0 Å². The first-order chi connectivity index (χ1) is 13.6. The summed E-state index contributed by atoms with van der Waals surface area (Å²) in [6.07, 6.45) is 1.47. The van der Waals surface area contributed by atoms with Crippen molar-refractivity contribution in [1.82, 2.24) is 5.43 Å². The Morgan fingerprint density at radius 2 is 1.89 bits per heavy atom. The van der Waals surface area contributed by atoms with Gasteiger partial charge in [0.05, 0.1) is 6.21 Å². The van der Waals surface area contributed by atoms with Crippen molar-refractivity contribution in [1.29, 1.82) is 0 Å². The lowest BCUT2D eigenvalue weighted by atomic mass is 10.2. The average molecular weight is 394 g/mol. The third-order valence-electron chi connectivity index (χ3n) is 3.55. The summed E-state index contributed by atoms with van der Waals surface area (Å²) in [7, 11) is 0. The number of rotatable bonds is 7. The second-order valence-corrected chi connectivity index (χ2v) is 6.79. The van der Waals surface area contributed by atoms with Gasteiger partial charge in [-0.05, 0) is 53.8 Å². The summed E-state index contributed by atoms with van der Waals surface area (Å²) in [6, 6.07) is 17.8. The molecule has 1 heterocycles. The third kappa shape index (κ3) is 5.78. The normalized spacial score (nSPS) is 10.6. The number of hydrazone groups is 1. The number of carbonyl (C=O) groups excluding carboxylic acids is 2. The SMILES string of the molecule is Cc1cccc(OCC(=O)N/N=C/c2cccc(OC(=O)c3cccs3)c2)c1. The van der Waals surface area contributed by atoms with E-state index in [0.717, 1.165) is 5.56 Å². The van der Waals surface area contributed by atoms with Crippen molar-refractivity contribution in [2.75, 3.05) is 6.61 Å². The summed E-state index contributed by atoms with van der Waals surface area (Å²) in [6.45, 7) is 1.81. The van der Waals surface area contributed by atoms with Gasteiger partial charge in [-0.3, -0.25) is 4.79 Å². The molecule has 2 aromatic carbocycles. The second-order valence-electron chi connectivity index (χ2n) is 5.84. The van der Waals surface area contributed by atoms with E-state index in [4.69, 9.17) is 9.47 Å². The predicted molar refractivity (Wildman–Crippen MR) is 108 cm³/mol. The summed E-state index contributed by atoms with van der Waals surface area (Å²) >= 11 is 1.32. The molecule has 0 spiro atoms. The Balaban J connectivity index is 1.50.